The molecule has 2 aromatic rings. The van der Waals surface area contributed by atoms with Crippen LogP contribution in [0.3, 0.4) is 0 Å². The highest BCUT2D eigenvalue weighted by Gasteiger charge is 2.35. The van der Waals surface area contributed by atoms with Crippen LogP contribution in [0, 0.1) is 22.7 Å². The van der Waals surface area contributed by atoms with E-state index in [4.69, 9.17) is 16.7 Å². The van der Waals surface area contributed by atoms with Crippen molar-refractivity contribution in [1.82, 2.24) is 0 Å². The molecular weight excluding hydrogens is 314 g/mol. The second-order valence-electron chi connectivity index (χ2n) is 4.91. The van der Waals surface area contributed by atoms with E-state index in [0.717, 1.165) is 11.4 Å². The maximum absolute atomic E-state index is 10.9. The van der Waals surface area contributed by atoms with E-state index in [1.807, 2.05) is 24.3 Å². The van der Waals surface area contributed by atoms with Crippen LogP contribution < -0.4 is 5.32 Å². The Morgan fingerprint density at radius 2 is 1.52 bits per heavy atom. The van der Waals surface area contributed by atoms with E-state index < -0.39 is 17.8 Å². The topological polar surface area (TPSA) is 96.9 Å². The first-order valence-electron chi connectivity index (χ1n) is 6.66. The van der Waals surface area contributed by atoms with Gasteiger partial charge < -0.3 is 10.4 Å². The molecule has 0 fully saturated rings. The highest BCUT2D eigenvalue weighted by Crippen LogP contribution is 2.29. The molecule has 2 N–H and O–H groups in total. The van der Waals surface area contributed by atoms with E-state index in [9.17, 15) is 15.3 Å². The molecule has 0 aliphatic carbocycles. The molecule has 0 atom stereocenters. The van der Waals surface area contributed by atoms with Crippen LogP contribution in [0.2, 0.25) is 5.02 Å². The number of anilines is 2. The summed E-state index contributed by atoms with van der Waals surface area (Å²) in [5.41, 5.74) is 0.243. The molecule has 114 valence electrons. The molecule has 5 nitrogen and oxygen atoms in total. The first-order valence-corrected chi connectivity index (χ1v) is 7.04. The number of nitrogens with zero attached hydrogens (tertiary/aromatic N) is 2. The Kier molecular flexibility index (Phi) is 4.85. The quantitative estimate of drug-likeness (QED) is 0.870. The summed E-state index contributed by atoms with van der Waals surface area (Å²) in [4.78, 5) is 10.9. The van der Waals surface area contributed by atoms with E-state index in [2.05, 4.69) is 5.32 Å². The van der Waals surface area contributed by atoms with Gasteiger partial charge in [0.15, 0.2) is 5.41 Å². The van der Waals surface area contributed by atoms with Crippen molar-refractivity contribution >= 4 is 28.9 Å². The smallest absolute Gasteiger partial charge is 0.306 e. The number of carbonyl (C=O) groups is 1. The molecule has 2 aromatic carbocycles. The van der Waals surface area contributed by atoms with Crippen LogP contribution in [0.4, 0.5) is 11.4 Å². The third-order valence-corrected chi connectivity index (χ3v) is 3.56. The van der Waals surface area contributed by atoms with Gasteiger partial charge in [-0.3, -0.25) is 4.79 Å². The van der Waals surface area contributed by atoms with Crippen molar-refractivity contribution in [2.75, 3.05) is 5.32 Å². The van der Waals surface area contributed by atoms with Crippen molar-refractivity contribution < 1.29 is 9.90 Å². The molecule has 0 unspecified atom stereocenters. The Morgan fingerprint density at radius 3 is 1.96 bits per heavy atom. The fourth-order valence-electron chi connectivity index (χ4n) is 2.10. The summed E-state index contributed by atoms with van der Waals surface area (Å²) in [5, 5.41) is 31.2. The lowest BCUT2D eigenvalue weighted by molar-refractivity contribution is -0.137. The summed E-state index contributed by atoms with van der Waals surface area (Å²) in [7, 11) is 0. The monoisotopic (exact) mass is 325 g/mol. The molecule has 0 bridgehead atoms. The molecule has 0 saturated carbocycles. The molecule has 0 aromatic heterocycles. The summed E-state index contributed by atoms with van der Waals surface area (Å²) >= 11 is 5.82. The zero-order chi connectivity index (χ0) is 16.9. The lowest BCUT2D eigenvalue weighted by atomic mass is 9.80. The van der Waals surface area contributed by atoms with E-state index >= 15 is 0 Å². The minimum absolute atomic E-state index is 0.353. The molecule has 2 rings (SSSR count). The third kappa shape index (κ3) is 3.79. The number of nitrogens with one attached hydrogen (secondary N) is 1. The normalized spacial score (nSPS) is 10.4. The molecule has 0 amide bonds. The maximum atomic E-state index is 10.9. The lowest BCUT2D eigenvalue weighted by Crippen LogP contribution is -2.25. The van der Waals surface area contributed by atoms with Gasteiger partial charge in [-0.25, -0.2) is 0 Å². The zero-order valence-electron chi connectivity index (χ0n) is 12.0. The van der Waals surface area contributed by atoms with Crippen molar-refractivity contribution in [2.45, 2.75) is 11.8 Å². The minimum atomic E-state index is -1.69. The van der Waals surface area contributed by atoms with Crippen LogP contribution in [0.1, 0.15) is 12.0 Å². The summed E-state index contributed by atoms with van der Waals surface area (Å²) in [5.74, 6) is -1.20. The van der Waals surface area contributed by atoms with E-state index in [-0.39, 0.29) is 0 Å². The van der Waals surface area contributed by atoms with Gasteiger partial charge in [0.2, 0.25) is 0 Å². The standard InChI is InChI=1S/C17H12ClN3O2/c18-13-3-7-15(8-4-13)21-14-5-1-12(2-6-14)17(10-19,11-20)9-16(22)23/h1-8,21H,9H2,(H,22,23). The van der Waals surface area contributed by atoms with Gasteiger partial charge in [-0.15, -0.1) is 0 Å². The summed E-state index contributed by atoms with van der Waals surface area (Å²) in [6, 6.07) is 17.3. The van der Waals surface area contributed by atoms with Gasteiger partial charge in [-0.2, -0.15) is 10.5 Å². The van der Waals surface area contributed by atoms with Gasteiger partial charge >= 0.3 is 5.97 Å². The van der Waals surface area contributed by atoms with Crippen molar-refractivity contribution in [3.8, 4) is 12.1 Å². The highest BCUT2D eigenvalue weighted by atomic mass is 35.5. The molecule has 6 heteroatoms. The fourth-order valence-corrected chi connectivity index (χ4v) is 2.23. The predicted molar refractivity (Wildman–Crippen MR) is 86.3 cm³/mol. The molecule has 0 aliphatic heterocycles. The summed E-state index contributed by atoms with van der Waals surface area (Å²) < 4.78 is 0. The van der Waals surface area contributed by atoms with Crippen molar-refractivity contribution in [3.05, 3.63) is 59.1 Å². The van der Waals surface area contributed by atoms with Crippen LogP contribution in [-0.2, 0) is 10.2 Å². The van der Waals surface area contributed by atoms with Crippen LogP contribution in [-0.4, -0.2) is 11.1 Å². The largest absolute Gasteiger partial charge is 0.481 e. The van der Waals surface area contributed by atoms with Gasteiger partial charge in [0.1, 0.15) is 0 Å². The zero-order valence-corrected chi connectivity index (χ0v) is 12.7. The van der Waals surface area contributed by atoms with Gasteiger partial charge in [-0.1, -0.05) is 23.7 Å². The van der Waals surface area contributed by atoms with E-state index in [0.29, 0.717) is 10.6 Å². The highest BCUT2D eigenvalue weighted by molar-refractivity contribution is 6.30. The molecule has 0 aliphatic rings. The van der Waals surface area contributed by atoms with Gasteiger partial charge in [0.25, 0.3) is 0 Å². The van der Waals surface area contributed by atoms with Crippen LogP contribution in [0.5, 0.6) is 0 Å². The molecule has 0 radical (unpaired) electrons. The van der Waals surface area contributed by atoms with Gasteiger partial charge in [0, 0.05) is 16.4 Å². The molecule has 0 saturated heterocycles. The Bertz CT molecular complexity index is 773. The Balaban J connectivity index is 2.24. The average Bonchev–Trinajstić information content (AvgIpc) is 2.55. The van der Waals surface area contributed by atoms with Gasteiger partial charge in [0.05, 0.1) is 18.6 Å². The first-order chi connectivity index (χ1) is 11.0. The Hall–Kier alpha value is -3.02. The third-order valence-electron chi connectivity index (χ3n) is 3.31. The van der Waals surface area contributed by atoms with Crippen molar-refractivity contribution in [2.24, 2.45) is 0 Å². The SMILES string of the molecule is N#CC(C#N)(CC(=O)O)c1ccc(Nc2ccc(Cl)cc2)cc1. The van der Waals surface area contributed by atoms with E-state index in [1.54, 1.807) is 36.4 Å². The van der Waals surface area contributed by atoms with Crippen LogP contribution >= 0.6 is 11.6 Å². The number of halogens is 1. The van der Waals surface area contributed by atoms with Crippen molar-refractivity contribution in [1.29, 1.82) is 10.5 Å². The lowest BCUT2D eigenvalue weighted by Gasteiger charge is -2.17. The number of hydrogen-bond donors (Lipinski definition) is 2. The number of nitriles is 2. The molecule has 23 heavy (non-hydrogen) atoms. The van der Waals surface area contributed by atoms with E-state index in [1.165, 1.54) is 0 Å². The average molecular weight is 326 g/mol. The van der Waals surface area contributed by atoms with Gasteiger partial charge in [-0.05, 0) is 42.0 Å². The molecule has 0 spiro atoms. The Morgan fingerprint density at radius 1 is 1.04 bits per heavy atom. The predicted octanol–water partition coefficient (Wildman–Crippen LogP) is 3.84. The summed E-state index contributed by atoms with van der Waals surface area (Å²) in [6.45, 7) is 0. The second-order valence-corrected chi connectivity index (χ2v) is 5.35. The maximum Gasteiger partial charge on any atom is 0.306 e. The number of carboxylic acids is 1. The van der Waals surface area contributed by atoms with Crippen LogP contribution in [0.25, 0.3) is 0 Å². The molecular formula is C17H12ClN3O2. The van der Waals surface area contributed by atoms with Crippen LogP contribution in [0.15, 0.2) is 48.5 Å². The van der Waals surface area contributed by atoms with Crippen molar-refractivity contribution in [3.63, 3.8) is 0 Å². The minimum Gasteiger partial charge on any atom is -0.481 e. The number of aliphatic carboxylic acids is 1. The fraction of sp³-hybridized carbons (Fsp3) is 0.118. The first kappa shape index (κ1) is 16.4. The number of rotatable bonds is 5. The number of hydrogen-bond acceptors (Lipinski definition) is 4. The summed E-state index contributed by atoms with van der Waals surface area (Å²) in [6.07, 6.45) is -0.566. The second kappa shape index (κ2) is 6.83. The Labute approximate surface area is 138 Å². The molecule has 0 heterocycles. The number of carboxylic acid groups (broad SMARTS) is 1. The number of benzene rings is 2.